The number of aryl methyl sites for hydroxylation is 1. The highest BCUT2D eigenvalue weighted by atomic mass is 19.4. The summed E-state index contributed by atoms with van der Waals surface area (Å²) < 4.78 is 42.3. The first kappa shape index (κ1) is 13.0. The van der Waals surface area contributed by atoms with Crippen molar-refractivity contribution in [3.05, 3.63) is 34.4 Å². The lowest BCUT2D eigenvalue weighted by atomic mass is 9.99. The monoisotopic (exact) mass is 243 g/mol. The first-order valence-electron chi connectivity index (χ1n) is 4.51. The number of nitriles is 1. The summed E-state index contributed by atoms with van der Waals surface area (Å²) in [4.78, 5) is 11.2. The second-order valence-corrected chi connectivity index (χ2v) is 3.31. The molecule has 0 heterocycles. The van der Waals surface area contributed by atoms with E-state index in [1.165, 1.54) is 6.92 Å². The van der Waals surface area contributed by atoms with Gasteiger partial charge >= 0.3 is 12.1 Å². The minimum Gasteiger partial charge on any atom is -0.465 e. The van der Waals surface area contributed by atoms with Crippen molar-refractivity contribution in [3.8, 4) is 6.07 Å². The number of benzene rings is 1. The Kier molecular flexibility index (Phi) is 3.42. The molecule has 0 atom stereocenters. The Labute approximate surface area is 95.4 Å². The number of carbonyl (C=O) groups is 1. The molecule has 0 bridgehead atoms. The Morgan fingerprint density at radius 2 is 2.00 bits per heavy atom. The van der Waals surface area contributed by atoms with Gasteiger partial charge in [-0.15, -0.1) is 0 Å². The largest absolute Gasteiger partial charge is 0.465 e. The van der Waals surface area contributed by atoms with Crippen LogP contribution < -0.4 is 0 Å². The summed E-state index contributed by atoms with van der Waals surface area (Å²) in [6.45, 7) is 1.45. The first-order chi connectivity index (χ1) is 7.81. The fourth-order valence-electron chi connectivity index (χ4n) is 1.34. The summed E-state index contributed by atoms with van der Waals surface area (Å²) in [5, 5.41) is 8.66. The molecule has 1 rings (SSSR count). The van der Waals surface area contributed by atoms with E-state index in [9.17, 15) is 18.0 Å². The molecule has 90 valence electrons. The van der Waals surface area contributed by atoms with E-state index < -0.39 is 23.3 Å². The molecule has 6 heteroatoms. The van der Waals surface area contributed by atoms with E-state index in [1.54, 1.807) is 6.07 Å². The van der Waals surface area contributed by atoms with Crippen molar-refractivity contribution in [2.75, 3.05) is 7.11 Å². The van der Waals surface area contributed by atoms with Crippen molar-refractivity contribution in [2.24, 2.45) is 0 Å². The molecule has 0 radical (unpaired) electrons. The summed E-state index contributed by atoms with van der Waals surface area (Å²) in [6.07, 6.45) is -4.71. The van der Waals surface area contributed by atoms with Crippen LogP contribution in [-0.2, 0) is 10.9 Å². The van der Waals surface area contributed by atoms with E-state index in [0.717, 1.165) is 13.2 Å². The van der Waals surface area contributed by atoms with Gasteiger partial charge in [-0.25, -0.2) is 4.79 Å². The zero-order valence-electron chi connectivity index (χ0n) is 9.05. The maximum atomic E-state index is 12.7. The number of carbonyl (C=O) groups excluding carboxylic acids is 1. The standard InChI is InChI=1S/C11H8F3NO2/c1-6-3-8(10(16)17-2)9(11(12,13)14)4-7(6)5-15/h3-4H,1-2H3. The number of alkyl halides is 3. The molecule has 0 aliphatic rings. The molecule has 0 aliphatic carbocycles. The van der Waals surface area contributed by atoms with E-state index in [-0.39, 0.29) is 5.56 Å². The van der Waals surface area contributed by atoms with Crippen LogP contribution in [0.25, 0.3) is 0 Å². The van der Waals surface area contributed by atoms with Gasteiger partial charge in [0.15, 0.2) is 0 Å². The summed E-state index contributed by atoms with van der Waals surface area (Å²) in [5.41, 5.74) is -1.58. The SMILES string of the molecule is COC(=O)c1cc(C)c(C#N)cc1C(F)(F)F. The summed E-state index contributed by atoms with van der Waals surface area (Å²) >= 11 is 0. The van der Waals surface area contributed by atoms with Crippen LogP contribution in [0.15, 0.2) is 12.1 Å². The number of hydrogen-bond donors (Lipinski definition) is 0. The molecular formula is C11H8F3NO2. The van der Waals surface area contributed by atoms with Crippen LogP contribution in [-0.4, -0.2) is 13.1 Å². The molecule has 1 aromatic rings. The molecule has 0 spiro atoms. The van der Waals surface area contributed by atoms with Gasteiger partial charge in [-0.1, -0.05) is 0 Å². The summed E-state index contributed by atoms with van der Waals surface area (Å²) in [6, 6.07) is 3.30. The number of esters is 1. The normalized spacial score (nSPS) is 10.8. The van der Waals surface area contributed by atoms with Crippen LogP contribution in [0.4, 0.5) is 13.2 Å². The molecule has 0 aromatic heterocycles. The molecule has 17 heavy (non-hydrogen) atoms. The average Bonchev–Trinajstić information content (AvgIpc) is 2.26. The Morgan fingerprint density at radius 1 is 1.41 bits per heavy atom. The molecule has 0 unspecified atom stereocenters. The van der Waals surface area contributed by atoms with Gasteiger partial charge in [0.05, 0.1) is 29.9 Å². The van der Waals surface area contributed by atoms with Gasteiger partial charge in [-0.3, -0.25) is 0 Å². The fourth-order valence-corrected chi connectivity index (χ4v) is 1.34. The molecule has 0 saturated carbocycles. The number of methoxy groups -OCH3 is 1. The van der Waals surface area contributed by atoms with Gasteiger partial charge in [0.25, 0.3) is 0 Å². The predicted octanol–water partition coefficient (Wildman–Crippen LogP) is 2.67. The number of hydrogen-bond acceptors (Lipinski definition) is 3. The van der Waals surface area contributed by atoms with Gasteiger partial charge in [0, 0.05) is 0 Å². The smallest absolute Gasteiger partial charge is 0.417 e. The number of halogens is 3. The second-order valence-electron chi connectivity index (χ2n) is 3.31. The van der Waals surface area contributed by atoms with Crippen LogP contribution in [0.3, 0.4) is 0 Å². The summed E-state index contributed by atoms with van der Waals surface area (Å²) in [7, 11) is 0.996. The predicted molar refractivity (Wildman–Crippen MR) is 52.2 cm³/mol. The first-order valence-corrected chi connectivity index (χ1v) is 4.51. The van der Waals surface area contributed by atoms with E-state index in [2.05, 4.69) is 4.74 Å². The highest BCUT2D eigenvalue weighted by Crippen LogP contribution is 2.33. The molecule has 0 amide bonds. The number of nitrogens with zero attached hydrogens (tertiary/aromatic N) is 1. The molecule has 3 nitrogen and oxygen atoms in total. The third-order valence-corrected chi connectivity index (χ3v) is 2.20. The molecule has 0 fully saturated rings. The van der Waals surface area contributed by atoms with Crippen LogP contribution >= 0.6 is 0 Å². The Bertz CT molecular complexity index is 501. The van der Waals surface area contributed by atoms with E-state index in [0.29, 0.717) is 11.6 Å². The number of ether oxygens (including phenoxy) is 1. The Balaban J connectivity index is 3.54. The Morgan fingerprint density at radius 3 is 2.41 bits per heavy atom. The molecule has 1 aromatic carbocycles. The maximum absolute atomic E-state index is 12.7. The van der Waals surface area contributed by atoms with Crippen LogP contribution in [0.5, 0.6) is 0 Å². The van der Waals surface area contributed by atoms with Gasteiger partial charge in [0.2, 0.25) is 0 Å². The maximum Gasteiger partial charge on any atom is 0.417 e. The minimum atomic E-state index is -4.71. The average molecular weight is 243 g/mol. The van der Waals surface area contributed by atoms with Crippen molar-refractivity contribution >= 4 is 5.97 Å². The lowest BCUT2D eigenvalue weighted by Crippen LogP contribution is -2.15. The zero-order chi connectivity index (χ0) is 13.2. The Hall–Kier alpha value is -2.03. The van der Waals surface area contributed by atoms with Crippen LogP contribution in [0.2, 0.25) is 0 Å². The molecular weight excluding hydrogens is 235 g/mol. The summed E-state index contributed by atoms with van der Waals surface area (Å²) in [5.74, 6) is -1.08. The van der Waals surface area contributed by atoms with Crippen LogP contribution in [0.1, 0.15) is 27.0 Å². The molecule has 0 saturated heterocycles. The minimum absolute atomic E-state index is 0.120. The van der Waals surface area contributed by atoms with Crippen LogP contribution in [0, 0.1) is 18.3 Å². The van der Waals surface area contributed by atoms with Crippen molar-refractivity contribution in [3.63, 3.8) is 0 Å². The van der Waals surface area contributed by atoms with Gasteiger partial charge in [-0.2, -0.15) is 18.4 Å². The van der Waals surface area contributed by atoms with Crippen molar-refractivity contribution in [1.29, 1.82) is 5.26 Å². The van der Waals surface area contributed by atoms with Gasteiger partial charge < -0.3 is 4.74 Å². The van der Waals surface area contributed by atoms with Gasteiger partial charge in [-0.05, 0) is 24.6 Å². The topological polar surface area (TPSA) is 50.1 Å². The molecule has 0 N–H and O–H groups in total. The highest BCUT2D eigenvalue weighted by molar-refractivity contribution is 5.91. The fraction of sp³-hybridized carbons (Fsp3) is 0.273. The lowest BCUT2D eigenvalue weighted by molar-refractivity contribution is -0.138. The van der Waals surface area contributed by atoms with E-state index in [4.69, 9.17) is 5.26 Å². The van der Waals surface area contributed by atoms with Gasteiger partial charge in [0.1, 0.15) is 0 Å². The third kappa shape index (κ3) is 2.56. The van der Waals surface area contributed by atoms with E-state index >= 15 is 0 Å². The zero-order valence-corrected chi connectivity index (χ0v) is 9.05. The van der Waals surface area contributed by atoms with E-state index in [1.807, 2.05) is 0 Å². The van der Waals surface area contributed by atoms with Crippen molar-refractivity contribution in [2.45, 2.75) is 13.1 Å². The lowest BCUT2D eigenvalue weighted by Gasteiger charge is -2.13. The van der Waals surface area contributed by atoms with Crippen molar-refractivity contribution in [1.82, 2.24) is 0 Å². The quantitative estimate of drug-likeness (QED) is 0.712. The highest BCUT2D eigenvalue weighted by Gasteiger charge is 2.36. The molecule has 0 aliphatic heterocycles. The number of rotatable bonds is 1. The third-order valence-electron chi connectivity index (χ3n) is 2.20. The second kappa shape index (κ2) is 4.45. The van der Waals surface area contributed by atoms with Crippen molar-refractivity contribution < 1.29 is 22.7 Å².